The van der Waals surface area contributed by atoms with Crippen LogP contribution < -0.4 is 10.1 Å². The summed E-state index contributed by atoms with van der Waals surface area (Å²) in [5.41, 5.74) is 0.644. The van der Waals surface area contributed by atoms with E-state index in [1.54, 1.807) is 6.07 Å². The number of nitrogens with zero attached hydrogens (tertiary/aromatic N) is 1. The van der Waals surface area contributed by atoms with Gasteiger partial charge in [0, 0.05) is 23.4 Å². The summed E-state index contributed by atoms with van der Waals surface area (Å²) in [6.07, 6.45) is 2.01. The minimum Gasteiger partial charge on any atom is -0.491 e. The minimum atomic E-state index is -0.398. The molecule has 1 N–H and O–H groups in total. The van der Waals surface area contributed by atoms with Crippen molar-refractivity contribution >= 4 is 11.4 Å². The molecule has 0 heterocycles. The van der Waals surface area contributed by atoms with Crippen molar-refractivity contribution in [1.82, 2.24) is 0 Å². The molecule has 1 aromatic rings. The summed E-state index contributed by atoms with van der Waals surface area (Å²) >= 11 is 0. The van der Waals surface area contributed by atoms with Crippen LogP contribution in [0.1, 0.15) is 47.5 Å². The summed E-state index contributed by atoms with van der Waals surface area (Å²) in [6, 6.07) is 4.81. The van der Waals surface area contributed by atoms with Crippen LogP contribution in [0.2, 0.25) is 0 Å². The van der Waals surface area contributed by atoms with Gasteiger partial charge in [0.2, 0.25) is 0 Å². The molecule has 1 aromatic carbocycles. The van der Waals surface area contributed by atoms with E-state index >= 15 is 0 Å². The Kier molecular flexibility index (Phi) is 5.36. The van der Waals surface area contributed by atoms with Crippen LogP contribution in [-0.2, 0) is 0 Å². The lowest BCUT2D eigenvalue weighted by molar-refractivity contribution is -0.384. The lowest BCUT2D eigenvalue weighted by Crippen LogP contribution is -2.30. The standard InChI is InChI=1S/C15H24N2O3/c1-6-7-15(4,5)16-12-8-13(17(18)19)10-14(9-12)20-11(2)3/h8-11,16H,6-7H2,1-5H3. The first-order chi connectivity index (χ1) is 9.23. The van der Waals surface area contributed by atoms with E-state index in [9.17, 15) is 10.1 Å². The molecular formula is C15H24N2O3. The number of hydrogen-bond donors (Lipinski definition) is 1. The molecule has 0 atom stereocenters. The molecule has 0 aliphatic heterocycles. The predicted octanol–water partition coefficient (Wildman–Crippen LogP) is 4.37. The Morgan fingerprint density at radius 2 is 2.00 bits per heavy atom. The second-order valence-electron chi connectivity index (χ2n) is 5.90. The van der Waals surface area contributed by atoms with Crippen molar-refractivity contribution in [2.45, 2.75) is 59.1 Å². The first-order valence-electron chi connectivity index (χ1n) is 6.98. The summed E-state index contributed by atoms with van der Waals surface area (Å²) in [4.78, 5) is 10.6. The van der Waals surface area contributed by atoms with Crippen LogP contribution in [0.3, 0.4) is 0 Å². The summed E-state index contributed by atoms with van der Waals surface area (Å²) < 4.78 is 5.58. The van der Waals surface area contributed by atoms with Gasteiger partial charge < -0.3 is 10.1 Å². The third kappa shape index (κ3) is 5.07. The molecule has 0 spiro atoms. The number of benzene rings is 1. The fourth-order valence-electron chi connectivity index (χ4n) is 2.18. The molecule has 0 amide bonds. The monoisotopic (exact) mass is 280 g/mol. The summed E-state index contributed by atoms with van der Waals surface area (Å²) in [5.74, 6) is 0.518. The van der Waals surface area contributed by atoms with Gasteiger partial charge >= 0.3 is 0 Å². The van der Waals surface area contributed by atoms with Gasteiger partial charge in [-0.2, -0.15) is 0 Å². The minimum absolute atomic E-state index is 0.0199. The highest BCUT2D eigenvalue weighted by atomic mass is 16.6. The molecule has 0 saturated heterocycles. The van der Waals surface area contributed by atoms with Gasteiger partial charge in [-0.25, -0.2) is 0 Å². The van der Waals surface area contributed by atoms with Gasteiger partial charge in [-0.1, -0.05) is 13.3 Å². The zero-order valence-corrected chi connectivity index (χ0v) is 12.9. The van der Waals surface area contributed by atoms with Crippen LogP contribution in [0.25, 0.3) is 0 Å². The Bertz CT molecular complexity index is 470. The smallest absolute Gasteiger partial charge is 0.275 e. The first-order valence-corrected chi connectivity index (χ1v) is 6.98. The Morgan fingerprint density at radius 1 is 1.35 bits per heavy atom. The Labute approximate surface area is 120 Å². The Balaban J connectivity index is 3.05. The van der Waals surface area contributed by atoms with Crippen LogP contribution in [-0.4, -0.2) is 16.6 Å². The molecule has 0 fully saturated rings. The highest BCUT2D eigenvalue weighted by Crippen LogP contribution is 2.29. The number of nitro groups is 1. The van der Waals surface area contributed by atoms with Gasteiger partial charge in [0.15, 0.2) is 0 Å². The van der Waals surface area contributed by atoms with E-state index in [-0.39, 0.29) is 17.3 Å². The number of anilines is 1. The highest BCUT2D eigenvalue weighted by molar-refractivity contribution is 5.57. The summed E-state index contributed by atoms with van der Waals surface area (Å²) in [5, 5.41) is 14.3. The molecule has 0 saturated carbocycles. The molecule has 5 heteroatoms. The zero-order chi connectivity index (χ0) is 15.3. The fourth-order valence-corrected chi connectivity index (χ4v) is 2.18. The van der Waals surface area contributed by atoms with Gasteiger partial charge in [-0.05, 0) is 34.1 Å². The third-order valence-electron chi connectivity index (χ3n) is 2.83. The number of non-ortho nitro benzene ring substituents is 1. The van der Waals surface area contributed by atoms with Gasteiger partial charge in [0.05, 0.1) is 17.1 Å². The molecule has 0 bridgehead atoms. The van der Waals surface area contributed by atoms with Gasteiger partial charge in [-0.3, -0.25) is 10.1 Å². The van der Waals surface area contributed by atoms with Crippen LogP contribution in [0, 0.1) is 10.1 Å². The lowest BCUT2D eigenvalue weighted by atomic mass is 9.98. The van der Waals surface area contributed by atoms with E-state index < -0.39 is 4.92 Å². The maximum atomic E-state index is 11.0. The van der Waals surface area contributed by atoms with E-state index in [4.69, 9.17) is 4.74 Å². The van der Waals surface area contributed by atoms with Crippen LogP contribution in [0.4, 0.5) is 11.4 Å². The van der Waals surface area contributed by atoms with Crippen molar-refractivity contribution in [3.8, 4) is 5.75 Å². The van der Waals surface area contributed by atoms with Crippen molar-refractivity contribution in [2.75, 3.05) is 5.32 Å². The van der Waals surface area contributed by atoms with Crippen molar-refractivity contribution in [1.29, 1.82) is 0 Å². The quantitative estimate of drug-likeness (QED) is 0.595. The van der Waals surface area contributed by atoms with Crippen LogP contribution in [0.15, 0.2) is 18.2 Å². The molecule has 0 radical (unpaired) electrons. The van der Waals surface area contributed by atoms with Crippen molar-refractivity contribution in [3.63, 3.8) is 0 Å². The second kappa shape index (κ2) is 6.59. The lowest BCUT2D eigenvalue weighted by Gasteiger charge is -2.27. The van der Waals surface area contributed by atoms with Gasteiger partial charge in [0.1, 0.15) is 5.75 Å². The molecular weight excluding hydrogens is 256 g/mol. The molecule has 0 aromatic heterocycles. The molecule has 20 heavy (non-hydrogen) atoms. The first kappa shape index (κ1) is 16.3. The van der Waals surface area contributed by atoms with Crippen LogP contribution in [0.5, 0.6) is 5.75 Å². The summed E-state index contributed by atoms with van der Waals surface area (Å²) in [7, 11) is 0. The van der Waals surface area contributed by atoms with E-state index in [1.807, 2.05) is 19.9 Å². The number of ether oxygens (including phenoxy) is 1. The molecule has 112 valence electrons. The Hall–Kier alpha value is -1.78. The zero-order valence-electron chi connectivity index (χ0n) is 12.9. The second-order valence-corrected chi connectivity index (χ2v) is 5.90. The van der Waals surface area contributed by atoms with E-state index in [0.717, 1.165) is 12.8 Å². The third-order valence-corrected chi connectivity index (χ3v) is 2.83. The molecule has 0 aliphatic carbocycles. The van der Waals surface area contributed by atoms with E-state index in [2.05, 4.69) is 26.1 Å². The normalized spacial score (nSPS) is 11.5. The topological polar surface area (TPSA) is 64.4 Å². The number of hydrogen-bond acceptors (Lipinski definition) is 4. The Morgan fingerprint density at radius 3 is 2.50 bits per heavy atom. The summed E-state index contributed by atoms with van der Waals surface area (Å²) in [6.45, 7) is 10.1. The molecule has 0 aliphatic rings. The predicted molar refractivity (Wildman–Crippen MR) is 81.5 cm³/mol. The van der Waals surface area contributed by atoms with Gasteiger partial charge in [-0.15, -0.1) is 0 Å². The van der Waals surface area contributed by atoms with E-state index in [1.165, 1.54) is 6.07 Å². The number of nitro benzene ring substituents is 1. The van der Waals surface area contributed by atoms with Crippen LogP contribution >= 0.6 is 0 Å². The molecule has 0 unspecified atom stereocenters. The SMILES string of the molecule is CCCC(C)(C)Nc1cc(OC(C)C)cc([N+](=O)[O-])c1. The molecule has 1 rings (SSSR count). The van der Waals surface area contributed by atoms with Gasteiger partial charge in [0.25, 0.3) is 5.69 Å². The maximum absolute atomic E-state index is 11.0. The van der Waals surface area contributed by atoms with Crippen molar-refractivity contribution in [2.24, 2.45) is 0 Å². The largest absolute Gasteiger partial charge is 0.491 e. The van der Waals surface area contributed by atoms with Crippen molar-refractivity contribution < 1.29 is 9.66 Å². The van der Waals surface area contributed by atoms with Crippen molar-refractivity contribution in [3.05, 3.63) is 28.3 Å². The average molecular weight is 280 g/mol. The number of nitrogens with one attached hydrogen (secondary N) is 1. The maximum Gasteiger partial charge on any atom is 0.275 e. The average Bonchev–Trinajstić information content (AvgIpc) is 2.26. The molecule has 5 nitrogen and oxygen atoms in total. The highest BCUT2D eigenvalue weighted by Gasteiger charge is 2.19. The number of rotatable bonds is 7. The fraction of sp³-hybridized carbons (Fsp3) is 0.600. The van der Waals surface area contributed by atoms with E-state index in [0.29, 0.717) is 11.4 Å².